The molecule has 0 saturated heterocycles. The average molecular weight is 316 g/mol. The van der Waals surface area contributed by atoms with Crippen LogP contribution < -0.4 is 5.32 Å². The summed E-state index contributed by atoms with van der Waals surface area (Å²) in [5.41, 5.74) is 2.91. The van der Waals surface area contributed by atoms with E-state index in [2.05, 4.69) is 29.8 Å². The second-order valence-electron chi connectivity index (χ2n) is 5.74. The van der Waals surface area contributed by atoms with Crippen LogP contribution in [0.15, 0.2) is 24.3 Å². The summed E-state index contributed by atoms with van der Waals surface area (Å²) < 4.78 is 7.23. The van der Waals surface area contributed by atoms with Gasteiger partial charge in [0.05, 0.1) is 0 Å². The minimum atomic E-state index is -0.598. The smallest absolute Gasteiger partial charge is 0.412 e. The number of aryl methyl sites for hydroxylation is 2. The summed E-state index contributed by atoms with van der Waals surface area (Å²) in [6, 6.07) is 7.85. The highest BCUT2D eigenvalue weighted by atomic mass is 16.5. The SMILES string of the molecule is CCn1c(C)cc2ccc(C(=N)NC(=O)OCCN(C)C)cc21. The molecule has 1 amide bonds. The van der Waals surface area contributed by atoms with Crippen molar-refractivity contribution in [2.75, 3.05) is 27.2 Å². The number of amides is 1. The maximum atomic E-state index is 11.7. The lowest BCUT2D eigenvalue weighted by molar-refractivity contribution is 0.142. The fourth-order valence-electron chi connectivity index (χ4n) is 2.50. The number of benzene rings is 1. The van der Waals surface area contributed by atoms with Gasteiger partial charge in [-0.2, -0.15) is 0 Å². The highest BCUT2D eigenvalue weighted by molar-refractivity contribution is 6.06. The molecule has 2 N–H and O–H groups in total. The predicted octanol–water partition coefficient (Wildman–Crippen LogP) is 2.58. The predicted molar refractivity (Wildman–Crippen MR) is 92.2 cm³/mol. The molecule has 0 saturated carbocycles. The quantitative estimate of drug-likeness (QED) is 0.658. The number of fused-ring (bicyclic) bond motifs is 1. The van der Waals surface area contributed by atoms with Crippen LogP contribution in [-0.4, -0.2) is 48.6 Å². The summed E-state index contributed by atoms with van der Waals surface area (Å²) in [5, 5.41) is 11.7. The molecular weight excluding hydrogens is 292 g/mol. The van der Waals surface area contributed by atoms with Crippen LogP contribution in [-0.2, 0) is 11.3 Å². The van der Waals surface area contributed by atoms with E-state index in [1.165, 1.54) is 5.69 Å². The van der Waals surface area contributed by atoms with Crippen molar-refractivity contribution < 1.29 is 9.53 Å². The topological polar surface area (TPSA) is 70.3 Å². The fourth-order valence-corrected chi connectivity index (χ4v) is 2.50. The van der Waals surface area contributed by atoms with Crippen molar-refractivity contribution in [2.24, 2.45) is 0 Å². The molecule has 0 aliphatic carbocycles. The average Bonchev–Trinajstić information content (AvgIpc) is 2.80. The Labute approximate surface area is 136 Å². The van der Waals surface area contributed by atoms with Crippen LogP contribution in [0.25, 0.3) is 10.9 Å². The van der Waals surface area contributed by atoms with Crippen molar-refractivity contribution in [3.8, 4) is 0 Å². The maximum Gasteiger partial charge on any atom is 0.412 e. The largest absolute Gasteiger partial charge is 0.448 e. The summed E-state index contributed by atoms with van der Waals surface area (Å²) in [4.78, 5) is 13.6. The first-order valence-corrected chi connectivity index (χ1v) is 7.69. The number of likely N-dealkylation sites (N-methyl/N-ethyl adjacent to an activating group) is 1. The number of carbonyl (C=O) groups is 1. The van der Waals surface area contributed by atoms with Crippen LogP contribution in [0.4, 0.5) is 4.79 Å². The Hall–Kier alpha value is -2.34. The first-order chi connectivity index (χ1) is 10.9. The number of ether oxygens (including phenoxy) is 1. The van der Waals surface area contributed by atoms with Gasteiger partial charge >= 0.3 is 6.09 Å². The van der Waals surface area contributed by atoms with Gasteiger partial charge in [0, 0.05) is 29.9 Å². The molecule has 124 valence electrons. The molecule has 6 nitrogen and oxygen atoms in total. The van der Waals surface area contributed by atoms with Crippen LogP contribution in [0.1, 0.15) is 18.2 Å². The second-order valence-corrected chi connectivity index (χ2v) is 5.74. The number of alkyl carbamates (subject to hydrolysis) is 1. The van der Waals surface area contributed by atoms with Crippen molar-refractivity contribution in [1.29, 1.82) is 5.41 Å². The lowest BCUT2D eigenvalue weighted by atomic mass is 10.1. The van der Waals surface area contributed by atoms with Crippen LogP contribution in [0.2, 0.25) is 0 Å². The van der Waals surface area contributed by atoms with Crippen molar-refractivity contribution in [1.82, 2.24) is 14.8 Å². The van der Waals surface area contributed by atoms with Crippen LogP contribution in [0.3, 0.4) is 0 Å². The zero-order chi connectivity index (χ0) is 17.0. The van der Waals surface area contributed by atoms with E-state index in [9.17, 15) is 4.79 Å². The summed E-state index contributed by atoms with van der Waals surface area (Å²) in [6.45, 7) is 5.96. The Morgan fingerprint density at radius 2 is 2.09 bits per heavy atom. The van der Waals surface area contributed by atoms with E-state index in [-0.39, 0.29) is 5.84 Å². The number of hydrogen-bond acceptors (Lipinski definition) is 4. The van der Waals surface area contributed by atoms with E-state index in [4.69, 9.17) is 10.1 Å². The number of carbonyl (C=O) groups excluding carboxylic acids is 1. The van der Waals surface area contributed by atoms with Crippen molar-refractivity contribution in [3.05, 3.63) is 35.5 Å². The Morgan fingerprint density at radius 3 is 2.74 bits per heavy atom. The van der Waals surface area contributed by atoms with Gasteiger partial charge in [0.1, 0.15) is 12.4 Å². The first-order valence-electron chi connectivity index (χ1n) is 7.69. The van der Waals surface area contributed by atoms with E-state index in [0.29, 0.717) is 18.7 Å². The standard InChI is InChI=1S/C17H24N4O2/c1-5-21-12(2)10-13-6-7-14(11-15(13)21)16(18)19-17(22)23-9-8-20(3)4/h6-7,10-11H,5,8-9H2,1-4H3,(H2,18,19,22). The van der Waals surface area contributed by atoms with Gasteiger partial charge in [-0.05, 0) is 45.5 Å². The summed E-state index contributed by atoms with van der Waals surface area (Å²) >= 11 is 0. The highest BCUT2D eigenvalue weighted by Crippen LogP contribution is 2.21. The van der Waals surface area contributed by atoms with E-state index in [0.717, 1.165) is 17.4 Å². The molecule has 23 heavy (non-hydrogen) atoms. The zero-order valence-electron chi connectivity index (χ0n) is 14.1. The number of rotatable bonds is 5. The molecule has 0 unspecified atom stereocenters. The second kappa shape index (κ2) is 7.28. The number of nitrogens with zero attached hydrogens (tertiary/aromatic N) is 2. The van der Waals surface area contributed by atoms with Crippen molar-refractivity contribution >= 4 is 22.8 Å². The van der Waals surface area contributed by atoms with Gasteiger partial charge in [-0.15, -0.1) is 0 Å². The molecule has 0 aliphatic heterocycles. The Morgan fingerprint density at radius 1 is 1.35 bits per heavy atom. The van der Waals surface area contributed by atoms with Crippen LogP contribution in [0, 0.1) is 12.3 Å². The fraction of sp³-hybridized carbons (Fsp3) is 0.412. The molecule has 2 aromatic rings. The lowest BCUT2D eigenvalue weighted by Gasteiger charge is -2.11. The first kappa shape index (κ1) is 17.0. The van der Waals surface area contributed by atoms with E-state index in [1.807, 2.05) is 37.2 Å². The molecule has 0 bridgehead atoms. The Bertz CT molecular complexity index is 719. The summed E-state index contributed by atoms with van der Waals surface area (Å²) in [6.07, 6.45) is -0.598. The molecule has 1 aromatic carbocycles. The molecule has 0 aliphatic rings. The third-order valence-electron chi connectivity index (χ3n) is 3.71. The summed E-state index contributed by atoms with van der Waals surface area (Å²) in [7, 11) is 3.81. The third kappa shape index (κ3) is 4.10. The molecule has 2 rings (SSSR count). The normalized spacial score (nSPS) is 11.0. The van der Waals surface area contributed by atoms with Gasteiger partial charge in [0.15, 0.2) is 0 Å². The van der Waals surface area contributed by atoms with Gasteiger partial charge in [-0.25, -0.2) is 4.79 Å². The maximum absolute atomic E-state index is 11.7. The molecule has 1 aromatic heterocycles. The van der Waals surface area contributed by atoms with Crippen molar-refractivity contribution in [2.45, 2.75) is 20.4 Å². The lowest BCUT2D eigenvalue weighted by Crippen LogP contribution is -2.32. The monoisotopic (exact) mass is 316 g/mol. The van der Waals surface area contributed by atoms with Gasteiger partial charge in [0.25, 0.3) is 0 Å². The minimum absolute atomic E-state index is 0.0447. The molecule has 0 spiro atoms. The zero-order valence-corrected chi connectivity index (χ0v) is 14.1. The molecular formula is C17H24N4O2. The number of nitrogens with one attached hydrogen (secondary N) is 2. The highest BCUT2D eigenvalue weighted by Gasteiger charge is 2.11. The van der Waals surface area contributed by atoms with Crippen LogP contribution >= 0.6 is 0 Å². The van der Waals surface area contributed by atoms with Gasteiger partial charge in [-0.3, -0.25) is 10.7 Å². The molecule has 0 radical (unpaired) electrons. The minimum Gasteiger partial charge on any atom is -0.448 e. The number of hydrogen-bond donors (Lipinski definition) is 2. The third-order valence-corrected chi connectivity index (χ3v) is 3.71. The van der Waals surface area contributed by atoms with Crippen molar-refractivity contribution in [3.63, 3.8) is 0 Å². The van der Waals surface area contributed by atoms with Crippen LogP contribution in [0.5, 0.6) is 0 Å². The van der Waals surface area contributed by atoms with Gasteiger partial charge in [0.2, 0.25) is 0 Å². The Balaban J connectivity index is 2.07. The number of amidine groups is 1. The Kier molecular flexibility index (Phi) is 5.39. The molecule has 6 heteroatoms. The van der Waals surface area contributed by atoms with E-state index < -0.39 is 6.09 Å². The molecule has 1 heterocycles. The number of aromatic nitrogens is 1. The van der Waals surface area contributed by atoms with Gasteiger partial charge in [-0.1, -0.05) is 12.1 Å². The van der Waals surface area contributed by atoms with Gasteiger partial charge < -0.3 is 14.2 Å². The van der Waals surface area contributed by atoms with E-state index in [1.54, 1.807) is 0 Å². The molecule has 0 atom stereocenters. The molecule has 0 fully saturated rings. The van der Waals surface area contributed by atoms with E-state index >= 15 is 0 Å². The summed E-state index contributed by atoms with van der Waals surface area (Å²) in [5.74, 6) is 0.0447.